The summed E-state index contributed by atoms with van der Waals surface area (Å²) in [6.07, 6.45) is 0. The van der Waals surface area contributed by atoms with E-state index in [0.29, 0.717) is 0 Å². The molecule has 0 aromatic carbocycles. The van der Waals surface area contributed by atoms with Gasteiger partial charge in [-0.25, -0.2) is 0 Å². The maximum absolute atomic E-state index is 5.39. The first-order valence-electron chi connectivity index (χ1n) is 1.97. The zero-order valence-corrected chi connectivity index (χ0v) is 6.05. The standard InChI is InChI=1S/C4H6N2S.ClH/c1-3-4(5)2-7-6-3;/h2H,5H2,1H3;1H. The highest BCUT2D eigenvalue weighted by Gasteiger charge is 1.89. The van der Waals surface area contributed by atoms with Gasteiger partial charge >= 0.3 is 0 Å². The first kappa shape index (κ1) is 7.72. The van der Waals surface area contributed by atoms with Crippen LogP contribution in [0.25, 0.3) is 0 Å². The molecule has 2 N–H and O–H groups in total. The third kappa shape index (κ3) is 1.35. The molecule has 0 unspecified atom stereocenters. The van der Waals surface area contributed by atoms with Crippen LogP contribution in [-0.2, 0) is 0 Å². The molecule has 0 spiro atoms. The van der Waals surface area contributed by atoms with Crippen LogP contribution >= 0.6 is 23.9 Å². The number of nitrogens with zero attached hydrogens (tertiary/aromatic N) is 1. The van der Waals surface area contributed by atoms with Gasteiger partial charge in [-0.05, 0) is 18.5 Å². The number of aryl methyl sites for hydroxylation is 1. The predicted molar refractivity (Wildman–Crippen MR) is 38.5 cm³/mol. The molecular weight excluding hydrogens is 144 g/mol. The highest BCUT2D eigenvalue weighted by molar-refractivity contribution is 7.04. The minimum Gasteiger partial charge on any atom is -0.397 e. The number of hydrogen-bond acceptors (Lipinski definition) is 3. The van der Waals surface area contributed by atoms with Crippen LogP contribution < -0.4 is 5.73 Å². The highest BCUT2D eigenvalue weighted by Crippen LogP contribution is 2.08. The average Bonchev–Trinajstić information content (AvgIpc) is 1.91. The van der Waals surface area contributed by atoms with Crippen LogP contribution in [-0.4, -0.2) is 4.37 Å². The van der Waals surface area contributed by atoms with Crippen molar-refractivity contribution in [3.05, 3.63) is 11.1 Å². The van der Waals surface area contributed by atoms with Crippen molar-refractivity contribution in [3.63, 3.8) is 0 Å². The van der Waals surface area contributed by atoms with E-state index in [1.807, 2.05) is 12.3 Å². The molecule has 0 radical (unpaired) electrons. The summed E-state index contributed by atoms with van der Waals surface area (Å²) in [5.74, 6) is 0. The molecule has 8 heavy (non-hydrogen) atoms. The van der Waals surface area contributed by atoms with E-state index in [2.05, 4.69) is 4.37 Å². The van der Waals surface area contributed by atoms with Crippen LogP contribution in [0.1, 0.15) is 5.69 Å². The number of nitrogen functional groups attached to an aromatic ring is 1. The lowest BCUT2D eigenvalue weighted by atomic mass is 10.4. The molecule has 0 aliphatic heterocycles. The van der Waals surface area contributed by atoms with Crippen LogP contribution in [0.15, 0.2) is 5.38 Å². The summed E-state index contributed by atoms with van der Waals surface area (Å²) in [7, 11) is 0. The molecule has 1 aromatic heterocycles. The predicted octanol–water partition coefficient (Wildman–Crippen LogP) is 1.46. The second kappa shape index (κ2) is 2.89. The SMILES string of the molecule is Cc1nscc1N.Cl. The minimum atomic E-state index is 0. The molecule has 4 heteroatoms. The smallest absolute Gasteiger partial charge is 0.0740 e. The number of halogens is 1. The Balaban J connectivity index is 0.000000490. The van der Waals surface area contributed by atoms with Gasteiger partial charge in [0.05, 0.1) is 11.4 Å². The van der Waals surface area contributed by atoms with Crippen LogP contribution in [0.3, 0.4) is 0 Å². The van der Waals surface area contributed by atoms with E-state index < -0.39 is 0 Å². The Morgan fingerprint density at radius 3 is 2.50 bits per heavy atom. The monoisotopic (exact) mass is 150 g/mol. The van der Waals surface area contributed by atoms with Crippen molar-refractivity contribution >= 4 is 29.6 Å². The first-order valence-corrected chi connectivity index (χ1v) is 2.81. The molecule has 0 amide bonds. The summed E-state index contributed by atoms with van der Waals surface area (Å²) in [5, 5.41) is 1.83. The van der Waals surface area contributed by atoms with Crippen molar-refractivity contribution in [1.82, 2.24) is 4.37 Å². The molecule has 0 atom stereocenters. The van der Waals surface area contributed by atoms with Crippen LogP contribution in [0.4, 0.5) is 5.69 Å². The third-order valence-corrected chi connectivity index (χ3v) is 1.53. The Kier molecular flexibility index (Phi) is 2.79. The van der Waals surface area contributed by atoms with E-state index in [0.717, 1.165) is 11.4 Å². The van der Waals surface area contributed by atoms with Gasteiger partial charge < -0.3 is 5.73 Å². The fourth-order valence-corrected chi connectivity index (χ4v) is 0.901. The largest absolute Gasteiger partial charge is 0.397 e. The number of anilines is 1. The Bertz CT molecular complexity index is 146. The molecule has 0 aliphatic rings. The fraction of sp³-hybridized carbons (Fsp3) is 0.250. The van der Waals surface area contributed by atoms with Crippen LogP contribution in [0, 0.1) is 6.92 Å². The van der Waals surface area contributed by atoms with Crippen LogP contribution in [0.2, 0.25) is 0 Å². The van der Waals surface area contributed by atoms with Crippen molar-refractivity contribution in [2.24, 2.45) is 0 Å². The number of rotatable bonds is 0. The van der Waals surface area contributed by atoms with Crippen molar-refractivity contribution in [1.29, 1.82) is 0 Å². The number of nitrogens with two attached hydrogens (primary N) is 1. The Morgan fingerprint density at radius 1 is 1.75 bits per heavy atom. The molecule has 0 aliphatic carbocycles. The lowest BCUT2D eigenvalue weighted by molar-refractivity contribution is 1.35. The fourth-order valence-electron chi connectivity index (χ4n) is 0.300. The average molecular weight is 151 g/mol. The second-order valence-electron chi connectivity index (χ2n) is 1.36. The van der Waals surface area contributed by atoms with Gasteiger partial charge in [0.2, 0.25) is 0 Å². The van der Waals surface area contributed by atoms with E-state index in [-0.39, 0.29) is 12.4 Å². The number of hydrogen-bond donors (Lipinski definition) is 1. The van der Waals surface area contributed by atoms with Crippen molar-refractivity contribution < 1.29 is 0 Å². The van der Waals surface area contributed by atoms with Gasteiger partial charge in [0.15, 0.2) is 0 Å². The lowest BCUT2D eigenvalue weighted by Gasteiger charge is -1.78. The van der Waals surface area contributed by atoms with Gasteiger partial charge in [-0.15, -0.1) is 12.4 Å². The first-order chi connectivity index (χ1) is 3.30. The topological polar surface area (TPSA) is 38.9 Å². The maximum Gasteiger partial charge on any atom is 0.0740 e. The second-order valence-corrected chi connectivity index (χ2v) is 1.98. The molecule has 0 saturated carbocycles. The minimum absolute atomic E-state index is 0. The van der Waals surface area contributed by atoms with Gasteiger partial charge in [-0.3, -0.25) is 0 Å². The summed E-state index contributed by atoms with van der Waals surface area (Å²) < 4.78 is 3.93. The van der Waals surface area contributed by atoms with E-state index in [1.165, 1.54) is 11.5 Å². The summed E-state index contributed by atoms with van der Waals surface area (Å²) in [6, 6.07) is 0. The highest BCUT2D eigenvalue weighted by atomic mass is 35.5. The molecular formula is C4H7ClN2S. The van der Waals surface area contributed by atoms with Crippen molar-refractivity contribution in [2.75, 3.05) is 5.73 Å². The van der Waals surface area contributed by atoms with Gasteiger partial charge in [0.25, 0.3) is 0 Å². The van der Waals surface area contributed by atoms with E-state index in [4.69, 9.17) is 5.73 Å². The van der Waals surface area contributed by atoms with Gasteiger partial charge in [0.1, 0.15) is 0 Å². The normalized spacial score (nSPS) is 8.12. The third-order valence-electron chi connectivity index (χ3n) is 0.787. The van der Waals surface area contributed by atoms with Gasteiger partial charge in [0, 0.05) is 5.38 Å². The lowest BCUT2D eigenvalue weighted by Crippen LogP contribution is -1.82. The van der Waals surface area contributed by atoms with E-state index in [9.17, 15) is 0 Å². The molecule has 46 valence electrons. The van der Waals surface area contributed by atoms with Gasteiger partial charge in [-0.2, -0.15) is 4.37 Å². The Hall–Kier alpha value is -0.280. The maximum atomic E-state index is 5.39. The summed E-state index contributed by atoms with van der Waals surface area (Å²) >= 11 is 1.39. The molecule has 1 rings (SSSR count). The van der Waals surface area contributed by atoms with Crippen LogP contribution in [0.5, 0.6) is 0 Å². The van der Waals surface area contributed by atoms with E-state index >= 15 is 0 Å². The summed E-state index contributed by atoms with van der Waals surface area (Å²) in [4.78, 5) is 0. The molecule has 0 saturated heterocycles. The van der Waals surface area contributed by atoms with Crippen molar-refractivity contribution in [3.8, 4) is 0 Å². The molecule has 0 bridgehead atoms. The molecule has 2 nitrogen and oxygen atoms in total. The Morgan fingerprint density at radius 2 is 2.38 bits per heavy atom. The Labute approximate surface area is 58.3 Å². The summed E-state index contributed by atoms with van der Waals surface area (Å²) in [6.45, 7) is 1.89. The zero-order chi connectivity index (χ0) is 5.28. The number of aromatic nitrogens is 1. The quantitative estimate of drug-likeness (QED) is 0.608. The van der Waals surface area contributed by atoms with Gasteiger partial charge in [-0.1, -0.05) is 0 Å². The van der Waals surface area contributed by atoms with Crippen molar-refractivity contribution in [2.45, 2.75) is 6.92 Å². The zero-order valence-electron chi connectivity index (χ0n) is 4.42. The molecule has 0 fully saturated rings. The molecule has 1 aromatic rings. The molecule has 1 heterocycles. The summed E-state index contributed by atoms with van der Waals surface area (Å²) in [5.41, 5.74) is 7.12. The van der Waals surface area contributed by atoms with E-state index in [1.54, 1.807) is 0 Å².